The lowest BCUT2D eigenvalue weighted by atomic mass is 10.0. The maximum absolute atomic E-state index is 12.5. The summed E-state index contributed by atoms with van der Waals surface area (Å²) in [5.41, 5.74) is 10.9. The number of nitrogens with one attached hydrogen (secondary N) is 3. The molecule has 4 atom stereocenters. The van der Waals surface area contributed by atoms with Crippen molar-refractivity contribution in [3.63, 3.8) is 0 Å². The van der Waals surface area contributed by atoms with Crippen molar-refractivity contribution in [3.05, 3.63) is 0 Å². The first-order valence-corrected chi connectivity index (χ1v) is 10.1. The second-order valence-electron chi connectivity index (χ2n) is 8.24. The highest BCUT2D eigenvalue weighted by molar-refractivity contribution is 5.96. The lowest BCUT2D eigenvalue weighted by Gasteiger charge is -2.24. The van der Waals surface area contributed by atoms with Gasteiger partial charge in [0, 0.05) is 0 Å². The lowest BCUT2D eigenvalue weighted by Crippen LogP contribution is -2.58. The van der Waals surface area contributed by atoms with Crippen LogP contribution < -0.4 is 27.4 Å². The van der Waals surface area contributed by atoms with Crippen LogP contribution in [-0.4, -0.2) is 70.6 Å². The van der Waals surface area contributed by atoms with Crippen LogP contribution in [-0.2, 0) is 24.0 Å². The molecule has 0 rings (SSSR count). The van der Waals surface area contributed by atoms with Gasteiger partial charge in [0.25, 0.3) is 0 Å². The van der Waals surface area contributed by atoms with E-state index in [1.165, 1.54) is 0 Å². The fourth-order valence-electron chi connectivity index (χ4n) is 2.74. The van der Waals surface area contributed by atoms with Gasteiger partial charge in [0.15, 0.2) is 0 Å². The Bertz CT molecular complexity index is 654. The molecular formula is C19H35N5O7. The van der Waals surface area contributed by atoms with Crippen LogP contribution in [0.3, 0.4) is 0 Å². The summed E-state index contributed by atoms with van der Waals surface area (Å²) in [4.78, 5) is 59.8. The number of carboxylic acids is 1. The molecule has 12 nitrogen and oxygen atoms in total. The summed E-state index contributed by atoms with van der Waals surface area (Å²) < 4.78 is 0. The van der Waals surface area contributed by atoms with Crippen LogP contribution in [0.1, 0.15) is 47.0 Å². The molecule has 0 aliphatic carbocycles. The number of aliphatic hydroxyl groups excluding tert-OH is 1. The van der Waals surface area contributed by atoms with Gasteiger partial charge in [0.05, 0.1) is 19.1 Å². The summed E-state index contributed by atoms with van der Waals surface area (Å²) >= 11 is 0. The zero-order valence-electron chi connectivity index (χ0n) is 18.4. The number of nitrogens with two attached hydrogens (primary N) is 2. The first-order chi connectivity index (χ1) is 14.3. The van der Waals surface area contributed by atoms with Crippen LogP contribution >= 0.6 is 0 Å². The Morgan fingerprint density at radius 3 is 1.65 bits per heavy atom. The first kappa shape index (κ1) is 28.3. The fraction of sp³-hybridized carbons (Fsp3) is 0.737. The number of amides is 4. The minimum absolute atomic E-state index is 0.0335. The van der Waals surface area contributed by atoms with Crippen LogP contribution in [0.2, 0.25) is 0 Å². The van der Waals surface area contributed by atoms with Crippen LogP contribution in [0.15, 0.2) is 0 Å². The average Bonchev–Trinajstić information content (AvgIpc) is 2.63. The van der Waals surface area contributed by atoms with E-state index in [1.807, 2.05) is 13.8 Å². The molecule has 0 spiro atoms. The van der Waals surface area contributed by atoms with Crippen molar-refractivity contribution in [2.75, 3.05) is 6.61 Å². The smallest absolute Gasteiger partial charge is 0.326 e. The van der Waals surface area contributed by atoms with Gasteiger partial charge in [-0.1, -0.05) is 27.7 Å². The van der Waals surface area contributed by atoms with E-state index in [-0.39, 0.29) is 18.3 Å². The molecule has 0 fully saturated rings. The zero-order valence-corrected chi connectivity index (χ0v) is 18.4. The largest absolute Gasteiger partial charge is 0.480 e. The molecular weight excluding hydrogens is 410 g/mol. The van der Waals surface area contributed by atoms with Crippen molar-refractivity contribution in [2.45, 2.75) is 71.1 Å². The molecule has 0 aliphatic rings. The van der Waals surface area contributed by atoms with Gasteiger partial charge in [-0.15, -0.1) is 0 Å². The van der Waals surface area contributed by atoms with Gasteiger partial charge in [-0.2, -0.15) is 0 Å². The number of hydrogen-bond donors (Lipinski definition) is 7. The maximum Gasteiger partial charge on any atom is 0.326 e. The second kappa shape index (κ2) is 13.5. The van der Waals surface area contributed by atoms with Gasteiger partial charge in [-0.3, -0.25) is 19.2 Å². The van der Waals surface area contributed by atoms with Crippen molar-refractivity contribution in [2.24, 2.45) is 23.3 Å². The van der Waals surface area contributed by atoms with E-state index in [0.29, 0.717) is 6.42 Å². The zero-order chi connectivity index (χ0) is 24.3. The predicted molar refractivity (Wildman–Crippen MR) is 111 cm³/mol. The number of carbonyl (C=O) groups is 5. The molecule has 12 heteroatoms. The van der Waals surface area contributed by atoms with E-state index in [4.69, 9.17) is 11.5 Å². The molecule has 0 bridgehead atoms. The molecule has 0 aliphatic heterocycles. The normalized spacial score (nSPS) is 15.0. The highest BCUT2D eigenvalue weighted by Gasteiger charge is 2.31. The van der Waals surface area contributed by atoms with E-state index in [0.717, 1.165) is 0 Å². The first-order valence-electron chi connectivity index (χ1n) is 10.1. The highest BCUT2D eigenvalue weighted by Crippen LogP contribution is 2.06. The summed E-state index contributed by atoms with van der Waals surface area (Å²) in [6, 6.07) is -5.06. The average molecular weight is 446 g/mol. The standard InChI is InChI=1S/C19H35N5O7/c1-9(2)5-11(20)16(27)22-12(7-15(21)26)17(28)24-14(8-25)18(29)23-13(19(30)31)6-10(3)4/h9-14,25H,5-8,20H2,1-4H3,(H2,21,26)(H,22,27)(H,23,29)(H,24,28)(H,30,31). The predicted octanol–water partition coefficient (Wildman–Crippen LogP) is -2.19. The third-order valence-corrected chi connectivity index (χ3v) is 4.24. The van der Waals surface area contributed by atoms with Gasteiger partial charge in [0.1, 0.15) is 18.1 Å². The van der Waals surface area contributed by atoms with Crippen LogP contribution in [0.25, 0.3) is 0 Å². The van der Waals surface area contributed by atoms with E-state index in [9.17, 15) is 34.2 Å². The van der Waals surface area contributed by atoms with E-state index in [2.05, 4.69) is 16.0 Å². The second-order valence-corrected chi connectivity index (χ2v) is 8.24. The Hall–Kier alpha value is -2.73. The maximum atomic E-state index is 12.5. The van der Waals surface area contributed by atoms with Crippen LogP contribution in [0, 0.1) is 11.8 Å². The summed E-state index contributed by atoms with van der Waals surface area (Å²) in [5, 5.41) is 25.5. The Kier molecular flexibility index (Phi) is 12.4. The molecule has 0 aromatic carbocycles. The highest BCUT2D eigenvalue weighted by atomic mass is 16.4. The van der Waals surface area contributed by atoms with E-state index >= 15 is 0 Å². The van der Waals surface area contributed by atoms with E-state index in [1.54, 1.807) is 13.8 Å². The van der Waals surface area contributed by atoms with Crippen molar-refractivity contribution < 1.29 is 34.2 Å². The minimum atomic E-state index is -1.50. The molecule has 9 N–H and O–H groups in total. The van der Waals surface area contributed by atoms with Crippen molar-refractivity contribution in [1.29, 1.82) is 0 Å². The molecule has 178 valence electrons. The quantitative estimate of drug-likeness (QED) is 0.155. The molecule has 0 radical (unpaired) electrons. The summed E-state index contributed by atoms with van der Waals surface area (Å²) in [6.45, 7) is 6.42. The van der Waals surface area contributed by atoms with Crippen molar-refractivity contribution in [1.82, 2.24) is 16.0 Å². The number of rotatable bonds is 14. The Labute approximate surface area is 181 Å². The minimum Gasteiger partial charge on any atom is -0.480 e. The third-order valence-electron chi connectivity index (χ3n) is 4.24. The van der Waals surface area contributed by atoms with Gasteiger partial charge in [-0.25, -0.2) is 4.79 Å². The van der Waals surface area contributed by atoms with Crippen LogP contribution in [0.5, 0.6) is 0 Å². The van der Waals surface area contributed by atoms with Crippen LogP contribution in [0.4, 0.5) is 0 Å². The summed E-state index contributed by atoms with van der Waals surface area (Å²) in [5.74, 6) is -4.62. The molecule has 0 saturated carbocycles. The Morgan fingerprint density at radius 1 is 0.774 bits per heavy atom. The number of carboxylic acid groups (broad SMARTS) is 1. The molecule has 0 heterocycles. The van der Waals surface area contributed by atoms with Gasteiger partial charge >= 0.3 is 5.97 Å². The fourth-order valence-corrected chi connectivity index (χ4v) is 2.74. The van der Waals surface area contributed by atoms with Gasteiger partial charge < -0.3 is 37.6 Å². The monoisotopic (exact) mass is 445 g/mol. The molecule has 0 saturated heterocycles. The number of hydrogen-bond acceptors (Lipinski definition) is 7. The molecule has 4 unspecified atom stereocenters. The number of aliphatic hydroxyl groups is 1. The molecule has 4 amide bonds. The number of aliphatic carboxylic acids is 1. The topological polar surface area (TPSA) is 214 Å². The third kappa shape index (κ3) is 11.3. The molecule has 0 aromatic rings. The van der Waals surface area contributed by atoms with E-state index < -0.39 is 66.8 Å². The molecule has 31 heavy (non-hydrogen) atoms. The van der Waals surface area contributed by atoms with Crippen molar-refractivity contribution in [3.8, 4) is 0 Å². The number of carbonyl (C=O) groups excluding carboxylic acids is 4. The molecule has 0 aromatic heterocycles. The summed E-state index contributed by atoms with van der Waals surface area (Å²) in [6.07, 6.45) is -0.0804. The van der Waals surface area contributed by atoms with Crippen molar-refractivity contribution >= 4 is 29.6 Å². The Morgan fingerprint density at radius 2 is 1.23 bits per heavy atom. The number of primary amides is 1. The SMILES string of the molecule is CC(C)CC(N)C(=O)NC(CC(N)=O)C(=O)NC(CO)C(=O)NC(CC(C)C)C(=O)O. The lowest BCUT2D eigenvalue weighted by molar-refractivity contribution is -0.143. The Balaban J connectivity index is 5.25. The van der Waals surface area contributed by atoms with Gasteiger partial charge in [-0.05, 0) is 24.7 Å². The summed E-state index contributed by atoms with van der Waals surface area (Å²) in [7, 11) is 0. The van der Waals surface area contributed by atoms with Gasteiger partial charge in [0.2, 0.25) is 23.6 Å².